The van der Waals surface area contributed by atoms with E-state index in [0.717, 1.165) is 13.0 Å². The van der Waals surface area contributed by atoms with E-state index in [-0.39, 0.29) is 5.56 Å². The fourth-order valence-corrected chi connectivity index (χ4v) is 1.10. The highest BCUT2D eigenvalue weighted by atomic mass is 16.1. The normalized spacial score (nSPS) is 10.6. The number of anilines is 1. The lowest BCUT2D eigenvalue weighted by Crippen LogP contribution is -2.22. The second kappa shape index (κ2) is 4.79. The molecule has 0 aromatic carbocycles. The molecule has 0 aliphatic heterocycles. The van der Waals surface area contributed by atoms with Gasteiger partial charge in [0.2, 0.25) is 0 Å². The Morgan fingerprint density at radius 1 is 1.57 bits per heavy atom. The zero-order chi connectivity index (χ0) is 10.6. The Labute approximate surface area is 84.0 Å². The molecule has 0 spiro atoms. The van der Waals surface area contributed by atoms with Gasteiger partial charge in [-0.2, -0.15) is 0 Å². The molecule has 0 saturated carbocycles. The predicted octanol–water partition coefficient (Wildman–Crippen LogP) is 1.24. The molecule has 0 fully saturated rings. The van der Waals surface area contributed by atoms with Crippen LogP contribution in [0.2, 0.25) is 0 Å². The Hall–Kier alpha value is -1.32. The van der Waals surface area contributed by atoms with Crippen molar-refractivity contribution in [1.82, 2.24) is 9.55 Å². The third kappa shape index (κ3) is 2.87. The number of aryl methyl sites for hydroxylation is 1. The number of hydrogen-bond acceptors (Lipinski definition) is 3. The molecular formula is C10H17N3O. The highest BCUT2D eigenvalue weighted by Crippen LogP contribution is 1.99. The monoisotopic (exact) mass is 195 g/mol. The minimum atomic E-state index is -0.0729. The van der Waals surface area contributed by atoms with Gasteiger partial charge in [0.05, 0.1) is 0 Å². The molecule has 0 bridgehead atoms. The van der Waals surface area contributed by atoms with Crippen molar-refractivity contribution >= 4 is 5.82 Å². The van der Waals surface area contributed by atoms with Crippen molar-refractivity contribution in [3.8, 4) is 0 Å². The second-order valence-corrected chi connectivity index (χ2v) is 3.80. The molecule has 1 aromatic heterocycles. The third-order valence-electron chi connectivity index (χ3n) is 2.03. The first-order valence-corrected chi connectivity index (χ1v) is 4.86. The van der Waals surface area contributed by atoms with Crippen LogP contribution in [0.5, 0.6) is 0 Å². The van der Waals surface area contributed by atoms with E-state index in [0.29, 0.717) is 11.7 Å². The van der Waals surface area contributed by atoms with E-state index < -0.39 is 0 Å². The molecule has 14 heavy (non-hydrogen) atoms. The summed E-state index contributed by atoms with van der Waals surface area (Å²) in [6.07, 6.45) is 4.31. The van der Waals surface area contributed by atoms with Gasteiger partial charge in [0, 0.05) is 26.0 Å². The van der Waals surface area contributed by atoms with Crippen LogP contribution in [0.1, 0.15) is 20.3 Å². The summed E-state index contributed by atoms with van der Waals surface area (Å²) in [4.78, 5) is 15.5. The first-order valence-electron chi connectivity index (χ1n) is 4.86. The molecule has 0 atom stereocenters. The van der Waals surface area contributed by atoms with Crippen LogP contribution >= 0.6 is 0 Å². The van der Waals surface area contributed by atoms with E-state index in [1.165, 1.54) is 4.57 Å². The van der Waals surface area contributed by atoms with Crippen LogP contribution in [0.15, 0.2) is 17.2 Å². The molecule has 1 aromatic rings. The van der Waals surface area contributed by atoms with E-state index in [1.54, 1.807) is 19.4 Å². The lowest BCUT2D eigenvalue weighted by atomic mass is 10.1. The van der Waals surface area contributed by atoms with Gasteiger partial charge in [-0.25, -0.2) is 4.98 Å². The Kier molecular flexibility index (Phi) is 3.68. The number of nitrogens with zero attached hydrogens (tertiary/aromatic N) is 2. The van der Waals surface area contributed by atoms with Gasteiger partial charge in [0.1, 0.15) is 0 Å². The first-order chi connectivity index (χ1) is 6.61. The van der Waals surface area contributed by atoms with Crippen molar-refractivity contribution in [2.24, 2.45) is 13.0 Å². The lowest BCUT2D eigenvalue weighted by Gasteiger charge is -2.07. The molecule has 0 amide bonds. The van der Waals surface area contributed by atoms with E-state index in [1.807, 2.05) is 0 Å². The number of rotatable bonds is 4. The third-order valence-corrected chi connectivity index (χ3v) is 2.03. The molecule has 0 radical (unpaired) electrons. The number of nitrogens with one attached hydrogen (secondary N) is 1. The molecular weight excluding hydrogens is 178 g/mol. The maximum absolute atomic E-state index is 11.5. The summed E-state index contributed by atoms with van der Waals surface area (Å²) in [5.74, 6) is 1.07. The van der Waals surface area contributed by atoms with Crippen molar-refractivity contribution < 1.29 is 0 Å². The Bertz CT molecular complexity index is 343. The first kappa shape index (κ1) is 10.8. The zero-order valence-electron chi connectivity index (χ0n) is 8.95. The van der Waals surface area contributed by atoms with Crippen molar-refractivity contribution in [2.45, 2.75) is 20.3 Å². The quantitative estimate of drug-likeness (QED) is 0.786. The van der Waals surface area contributed by atoms with Crippen LogP contribution in [0, 0.1) is 5.92 Å². The molecule has 0 unspecified atom stereocenters. The molecule has 4 heteroatoms. The van der Waals surface area contributed by atoms with Crippen molar-refractivity contribution in [1.29, 1.82) is 0 Å². The maximum atomic E-state index is 11.5. The average Bonchev–Trinajstić information content (AvgIpc) is 2.12. The summed E-state index contributed by atoms with van der Waals surface area (Å²) in [5, 5.41) is 3.04. The average molecular weight is 195 g/mol. The van der Waals surface area contributed by atoms with E-state index >= 15 is 0 Å². The topological polar surface area (TPSA) is 46.9 Å². The molecule has 1 heterocycles. The molecule has 0 aliphatic carbocycles. The number of aromatic nitrogens is 2. The van der Waals surface area contributed by atoms with Gasteiger partial charge < -0.3 is 9.88 Å². The minimum Gasteiger partial charge on any atom is -0.365 e. The lowest BCUT2D eigenvalue weighted by molar-refractivity contribution is 0.606. The molecule has 4 nitrogen and oxygen atoms in total. The fourth-order valence-electron chi connectivity index (χ4n) is 1.10. The van der Waals surface area contributed by atoms with Crippen LogP contribution in [0.3, 0.4) is 0 Å². The molecule has 1 N–H and O–H groups in total. The fraction of sp³-hybridized carbons (Fsp3) is 0.600. The van der Waals surface area contributed by atoms with Crippen molar-refractivity contribution in [3.63, 3.8) is 0 Å². The summed E-state index contributed by atoms with van der Waals surface area (Å²) < 4.78 is 1.52. The summed E-state index contributed by atoms with van der Waals surface area (Å²) in [5.41, 5.74) is -0.0729. The van der Waals surface area contributed by atoms with E-state index in [2.05, 4.69) is 24.1 Å². The molecule has 0 saturated heterocycles. The predicted molar refractivity (Wildman–Crippen MR) is 57.4 cm³/mol. The largest absolute Gasteiger partial charge is 0.365 e. The Balaban J connectivity index is 2.59. The summed E-state index contributed by atoms with van der Waals surface area (Å²) in [6, 6.07) is 0. The van der Waals surface area contributed by atoms with Gasteiger partial charge in [-0.15, -0.1) is 0 Å². The molecule has 78 valence electrons. The van der Waals surface area contributed by atoms with Gasteiger partial charge in [-0.1, -0.05) is 13.8 Å². The van der Waals surface area contributed by atoms with Gasteiger partial charge in [0.15, 0.2) is 5.82 Å². The smallest absolute Gasteiger partial charge is 0.293 e. The summed E-state index contributed by atoms with van der Waals surface area (Å²) in [6.45, 7) is 5.10. The van der Waals surface area contributed by atoms with Crippen LogP contribution in [0.25, 0.3) is 0 Å². The van der Waals surface area contributed by atoms with Crippen LogP contribution in [-0.2, 0) is 7.05 Å². The highest BCUT2D eigenvalue weighted by Gasteiger charge is 2.01. The van der Waals surface area contributed by atoms with Crippen molar-refractivity contribution in [3.05, 3.63) is 22.7 Å². The summed E-state index contributed by atoms with van der Waals surface area (Å²) >= 11 is 0. The van der Waals surface area contributed by atoms with Crippen LogP contribution < -0.4 is 10.9 Å². The maximum Gasteiger partial charge on any atom is 0.293 e. The van der Waals surface area contributed by atoms with E-state index in [9.17, 15) is 4.79 Å². The van der Waals surface area contributed by atoms with Crippen molar-refractivity contribution in [2.75, 3.05) is 11.9 Å². The SMILES string of the molecule is CC(C)CCNc1nccn(C)c1=O. The molecule has 0 aliphatic rings. The van der Waals surface area contributed by atoms with Gasteiger partial charge in [-0.3, -0.25) is 4.79 Å². The van der Waals surface area contributed by atoms with Crippen LogP contribution in [0.4, 0.5) is 5.82 Å². The minimum absolute atomic E-state index is 0.0729. The van der Waals surface area contributed by atoms with Gasteiger partial charge >= 0.3 is 0 Å². The van der Waals surface area contributed by atoms with Gasteiger partial charge in [0.25, 0.3) is 5.56 Å². The number of hydrogen-bond donors (Lipinski definition) is 1. The van der Waals surface area contributed by atoms with E-state index in [4.69, 9.17) is 0 Å². The second-order valence-electron chi connectivity index (χ2n) is 3.80. The standard InChI is InChI=1S/C10H17N3O/c1-8(2)4-5-11-9-10(14)13(3)7-6-12-9/h6-8H,4-5H2,1-3H3,(H,11,12). The zero-order valence-corrected chi connectivity index (χ0v) is 8.95. The highest BCUT2D eigenvalue weighted by molar-refractivity contribution is 5.30. The Morgan fingerprint density at radius 3 is 2.93 bits per heavy atom. The molecule has 1 rings (SSSR count). The van der Waals surface area contributed by atoms with Gasteiger partial charge in [-0.05, 0) is 12.3 Å². The van der Waals surface area contributed by atoms with Crippen LogP contribution in [-0.4, -0.2) is 16.1 Å². The Morgan fingerprint density at radius 2 is 2.29 bits per heavy atom. The summed E-state index contributed by atoms with van der Waals surface area (Å²) in [7, 11) is 1.72.